The third-order valence-corrected chi connectivity index (χ3v) is 5.01. The van der Waals surface area contributed by atoms with Gasteiger partial charge in [-0.15, -0.1) is 0 Å². The van der Waals surface area contributed by atoms with Crippen LogP contribution in [0.4, 0.5) is 0 Å². The van der Waals surface area contributed by atoms with Gasteiger partial charge in [0.15, 0.2) is 0 Å². The van der Waals surface area contributed by atoms with Crippen LogP contribution in [-0.4, -0.2) is 24.0 Å². The van der Waals surface area contributed by atoms with E-state index in [1.807, 2.05) is 44.2 Å². The molecule has 28 heavy (non-hydrogen) atoms. The smallest absolute Gasteiger partial charge is 0.306 e. The predicted molar refractivity (Wildman–Crippen MR) is 114 cm³/mol. The first kappa shape index (κ1) is 24.2. The van der Waals surface area contributed by atoms with E-state index in [9.17, 15) is 9.59 Å². The van der Waals surface area contributed by atoms with E-state index in [1.165, 1.54) is 0 Å². The van der Waals surface area contributed by atoms with Crippen LogP contribution >= 0.6 is 0 Å². The molecule has 0 bridgehead atoms. The fraction of sp³-hybridized carbons (Fsp3) is 0.652. The third-order valence-electron chi connectivity index (χ3n) is 5.01. The highest BCUT2D eigenvalue weighted by Crippen LogP contribution is 2.21. The Morgan fingerprint density at radius 3 is 2.39 bits per heavy atom. The predicted octanol–water partition coefficient (Wildman–Crippen LogP) is 4.20. The number of carbonyl (C=O) groups is 2. The molecule has 1 aromatic rings. The monoisotopic (exact) mass is 390 g/mol. The Bertz CT molecular complexity index is 585. The molecule has 1 amide bonds. The van der Waals surface area contributed by atoms with Gasteiger partial charge in [0.2, 0.25) is 5.91 Å². The zero-order chi connectivity index (χ0) is 21.0. The van der Waals surface area contributed by atoms with Crippen molar-refractivity contribution >= 4 is 11.9 Å². The summed E-state index contributed by atoms with van der Waals surface area (Å²) in [4.78, 5) is 24.9. The molecule has 0 unspecified atom stereocenters. The molecular weight excluding hydrogens is 352 g/mol. The van der Waals surface area contributed by atoms with Crippen LogP contribution in [0.2, 0.25) is 0 Å². The molecule has 3 N–H and O–H groups in total. The number of nitrogens with two attached hydrogens (primary N) is 1. The third kappa shape index (κ3) is 9.88. The molecule has 5 heteroatoms. The van der Waals surface area contributed by atoms with Gasteiger partial charge in [0, 0.05) is 17.9 Å². The Kier molecular flexibility index (Phi) is 10.8. The molecule has 0 aliphatic heterocycles. The van der Waals surface area contributed by atoms with Gasteiger partial charge >= 0.3 is 5.97 Å². The van der Waals surface area contributed by atoms with Crippen molar-refractivity contribution in [2.75, 3.05) is 6.54 Å². The number of hydrogen-bond acceptors (Lipinski definition) is 4. The average Bonchev–Trinajstić information content (AvgIpc) is 2.64. The maximum absolute atomic E-state index is 12.8. The van der Waals surface area contributed by atoms with Crippen LogP contribution in [-0.2, 0) is 20.9 Å². The molecule has 158 valence electrons. The van der Waals surface area contributed by atoms with Gasteiger partial charge in [-0.05, 0) is 51.1 Å². The van der Waals surface area contributed by atoms with Gasteiger partial charge in [0.05, 0.1) is 0 Å². The van der Waals surface area contributed by atoms with Gasteiger partial charge in [0.1, 0.15) is 6.61 Å². The van der Waals surface area contributed by atoms with Crippen molar-refractivity contribution in [3.05, 3.63) is 35.9 Å². The zero-order valence-corrected chi connectivity index (χ0v) is 18.0. The number of hydrogen-bond donors (Lipinski definition) is 2. The second-order valence-electron chi connectivity index (χ2n) is 8.51. The summed E-state index contributed by atoms with van der Waals surface area (Å²) in [5.74, 6) is -0.277. The van der Waals surface area contributed by atoms with E-state index in [4.69, 9.17) is 10.5 Å². The highest BCUT2D eigenvalue weighted by atomic mass is 16.5. The fourth-order valence-corrected chi connectivity index (χ4v) is 3.23. The number of esters is 1. The van der Waals surface area contributed by atoms with Crippen molar-refractivity contribution in [1.29, 1.82) is 0 Å². The normalized spacial score (nSPS) is 12.6. The number of unbranched alkanes of at least 4 members (excludes halogenated alkanes) is 2. The lowest BCUT2D eigenvalue weighted by molar-refractivity contribution is -0.145. The number of carbonyl (C=O) groups excluding carboxylic acids is 2. The number of rotatable bonds is 13. The van der Waals surface area contributed by atoms with E-state index in [2.05, 4.69) is 19.2 Å². The Morgan fingerprint density at radius 1 is 1.11 bits per heavy atom. The molecule has 0 saturated carbocycles. The van der Waals surface area contributed by atoms with E-state index in [0.29, 0.717) is 13.0 Å². The Hall–Kier alpha value is -1.88. The van der Waals surface area contributed by atoms with Crippen LogP contribution in [0.25, 0.3) is 0 Å². The lowest BCUT2D eigenvalue weighted by Gasteiger charge is -2.30. The summed E-state index contributed by atoms with van der Waals surface area (Å²) in [6.07, 6.45) is 4.81. The van der Waals surface area contributed by atoms with Crippen molar-refractivity contribution in [2.45, 2.75) is 78.4 Å². The SMILES string of the molecule is CC(C)[C@@H](CCC(=O)OCc1ccccc1)C(=O)NC(C)(C)CCCCCN. The molecule has 0 aliphatic carbocycles. The largest absolute Gasteiger partial charge is 0.461 e. The average molecular weight is 391 g/mol. The molecule has 1 rings (SSSR count). The van der Waals surface area contributed by atoms with Gasteiger partial charge in [-0.2, -0.15) is 0 Å². The number of nitrogens with one attached hydrogen (secondary N) is 1. The molecule has 5 nitrogen and oxygen atoms in total. The Balaban J connectivity index is 2.45. The molecule has 0 heterocycles. The first-order chi connectivity index (χ1) is 13.2. The first-order valence-corrected chi connectivity index (χ1v) is 10.5. The van der Waals surface area contributed by atoms with Crippen molar-refractivity contribution < 1.29 is 14.3 Å². The van der Waals surface area contributed by atoms with Gasteiger partial charge in [0.25, 0.3) is 0 Å². The van der Waals surface area contributed by atoms with Crippen molar-refractivity contribution in [3.63, 3.8) is 0 Å². The second kappa shape index (κ2) is 12.6. The van der Waals surface area contributed by atoms with E-state index in [0.717, 1.165) is 31.2 Å². The summed E-state index contributed by atoms with van der Waals surface area (Å²) in [5, 5.41) is 3.17. The van der Waals surface area contributed by atoms with Crippen LogP contribution in [0.1, 0.15) is 71.8 Å². The van der Waals surface area contributed by atoms with Crippen molar-refractivity contribution in [1.82, 2.24) is 5.32 Å². The van der Waals surface area contributed by atoms with Crippen LogP contribution in [0.3, 0.4) is 0 Å². The van der Waals surface area contributed by atoms with Crippen molar-refractivity contribution in [3.8, 4) is 0 Å². The van der Waals surface area contributed by atoms with Crippen LogP contribution in [0, 0.1) is 11.8 Å². The van der Waals surface area contributed by atoms with E-state index < -0.39 is 0 Å². The molecule has 0 spiro atoms. The molecule has 0 saturated heterocycles. The molecule has 0 fully saturated rings. The van der Waals surface area contributed by atoms with Crippen molar-refractivity contribution in [2.24, 2.45) is 17.6 Å². The van der Waals surface area contributed by atoms with Crippen LogP contribution < -0.4 is 11.1 Å². The summed E-state index contributed by atoms with van der Waals surface area (Å²) in [6.45, 7) is 9.13. The summed E-state index contributed by atoms with van der Waals surface area (Å²) < 4.78 is 5.33. The summed E-state index contributed by atoms with van der Waals surface area (Å²) >= 11 is 0. The molecule has 0 radical (unpaired) electrons. The Morgan fingerprint density at radius 2 is 1.79 bits per heavy atom. The minimum atomic E-state index is -0.261. The minimum absolute atomic E-state index is 0.0229. The maximum Gasteiger partial charge on any atom is 0.306 e. The summed E-state index contributed by atoms with van der Waals surface area (Å²) in [5.41, 5.74) is 6.24. The lowest BCUT2D eigenvalue weighted by atomic mass is 9.88. The topological polar surface area (TPSA) is 81.4 Å². The number of ether oxygens (including phenoxy) is 1. The molecular formula is C23H38N2O3. The highest BCUT2D eigenvalue weighted by molar-refractivity contribution is 5.80. The standard InChI is InChI=1S/C23H38N2O3/c1-18(2)20(22(27)25-23(3,4)15-9-6-10-16-24)13-14-21(26)28-17-19-11-7-5-8-12-19/h5,7-8,11-12,18,20H,6,9-10,13-17,24H2,1-4H3,(H,25,27)/t20-/m1/s1. The molecule has 1 atom stereocenters. The zero-order valence-electron chi connectivity index (χ0n) is 18.0. The van der Waals surface area contributed by atoms with E-state index in [1.54, 1.807) is 0 Å². The van der Waals surface area contributed by atoms with Crippen LogP contribution in [0.15, 0.2) is 30.3 Å². The highest BCUT2D eigenvalue weighted by Gasteiger charge is 2.28. The fourth-order valence-electron chi connectivity index (χ4n) is 3.23. The summed E-state index contributed by atoms with van der Waals surface area (Å²) in [6, 6.07) is 9.61. The molecule has 0 aromatic heterocycles. The first-order valence-electron chi connectivity index (χ1n) is 10.5. The minimum Gasteiger partial charge on any atom is -0.461 e. The van der Waals surface area contributed by atoms with Gasteiger partial charge < -0.3 is 15.8 Å². The molecule has 1 aromatic carbocycles. The second-order valence-corrected chi connectivity index (χ2v) is 8.51. The van der Waals surface area contributed by atoms with Crippen LogP contribution in [0.5, 0.6) is 0 Å². The lowest BCUT2D eigenvalue weighted by Crippen LogP contribution is -2.47. The number of benzene rings is 1. The quantitative estimate of drug-likeness (QED) is 0.391. The number of amides is 1. The van der Waals surface area contributed by atoms with E-state index >= 15 is 0 Å². The van der Waals surface area contributed by atoms with E-state index in [-0.39, 0.29) is 42.3 Å². The molecule has 0 aliphatic rings. The Labute approximate surface area is 170 Å². The van der Waals surface area contributed by atoms with Gasteiger partial charge in [-0.3, -0.25) is 9.59 Å². The maximum atomic E-state index is 12.8. The van der Waals surface area contributed by atoms with Gasteiger partial charge in [-0.1, -0.05) is 57.0 Å². The summed E-state index contributed by atoms with van der Waals surface area (Å²) in [7, 11) is 0. The van der Waals surface area contributed by atoms with Gasteiger partial charge in [-0.25, -0.2) is 0 Å².